The number of unbranched alkanes of at least 4 members (excludes halogenated alkanes) is 1. The Kier molecular flexibility index (Phi) is 13.7. The molecule has 2 fully saturated rings. The van der Waals surface area contributed by atoms with Gasteiger partial charge < -0.3 is 29.6 Å². The molecule has 1 saturated carbocycles. The lowest BCUT2D eigenvalue weighted by Crippen LogP contribution is -3.12. The topological polar surface area (TPSA) is 147 Å². The second kappa shape index (κ2) is 16.9. The SMILES string of the molecule is O=C(CCC/C=C\C[C@@H]1[C@@H](/C=C/[C@@H](O)COc2cccc(C(F)(F)F)c2)[C@H](O)C[C@@H]1O)OCO[N-][NH+](O)N1CCCC1. The molecule has 0 spiro atoms. The first-order valence-electron chi connectivity index (χ1n) is 14.0. The monoisotopic (exact) mass is 603 g/mol. The van der Waals surface area contributed by atoms with E-state index in [2.05, 4.69) is 5.59 Å². The van der Waals surface area contributed by atoms with Gasteiger partial charge in [-0.3, -0.25) is 10.4 Å². The molecule has 11 nitrogen and oxygen atoms in total. The third-order valence-electron chi connectivity index (χ3n) is 7.19. The number of aliphatic hydroxyl groups is 3. The fourth-order valence-corrected chi connectivity index (χ4v) is 4.92. The molecule has 1 aliphatic heterocycles. The number of halogens is 3. The number of quaternary nitrogens is 1. The van der Waals surface area contributed by atoms with E-state index in [9.17, 15) is 38.5 Å². The fraction of sp³-hybridized carbons (Fsp3) is 0.607. The van der Waals surface area contributed by atoms with E-state index in [-0.39, 0.29) is 36.4 Å². The third kappa shape index (κ3) is 11.3. The Morgan fingerprint density at radius 1 is 1.19 bits per heavy atom. The first-order chi connectivity index (χ1) is 20.0. The zero-order valence-electron chi connectivity index (χ0n) is 23.2. The molecule has 5 N–H and O–H groups in total. The lowest BCUT2D eigenvalue weighted by Gasteiger charge is -2.29. The number of alkyl halides is 3. The van der Waals surface area contributed by atoms with Crippen molar-refractivity contribution in [3.8, 4) is 5.75 Å². The van der Waals surface area contributed by atoms with Crippen molar-refractivity contribution in [1.29, 1.82) is 0 Å². The van der Waals surface area contributed by atoms with Crippen molar-refractivity contribution in [3.05, 3.63) is 59.7 Å². The highest BCUT2D eigenvalue weighted by Gasteiger charge is 2.39. The van der Waals surface area contributed by atoms with Crippen LogP contribution in [0.5, 0.6) is 5.75 Å². The average molecular weight is 604 g/mol. The molecule has 1 aromatic carbocycles. The van der Waals surface area contributed by atoms with Gasteiger partial charge in [0.2, 0.25) is 0 Å². The van der Waals surface area contributed by atoms with Gasteiger partial charge in [0.15, 0.2) is 6.79 Å². The summed E-state index contributed by atoms with van der Waals surface area (Å²) >= 11 is 0. The van der Waals surface area contributed by atoms with Crippen molar-refractivity contribution in [1.82, 2.24) is 5.01 Å². The third-order valence-corrected chi connectivity index (χ3v) is 7.19. The van der Waals surface area contributed by atoms with E-state index in [1.165, 1.54) is 18.2 Å². The number of aliphatic hydroxyl groups excluding tert-OH is 3. The number of allylic oxidation sites excluding steroid dienone is 2. The maximum absolute atomic E-state index is 12.9. The highest BCUT2D eigenvalue weighted by molar-refractivity contribution is 5.69. The highest BCUT2D eigenvalue weighted by atomic mass is 19.4. The number of esters is 1. The number of rotatable bonds is 16. The van der Waals surface area contributed by atoms with E-state index in [4.69, 9.17) is 14.3 Å². The van der Waals surface area contributed by atoms with Crippen LogP contribution in [0.1, 0.15) is 50.5 Å². The highest BCUT2D eigenvalue weighted by Crippen LogP contribution is 2.36. The molecule has 236 valence electrons. The maximum atomic E-state index is 12.9. The lowest BCUT2D eigenvalue weighted by atomic mass is 9.89. The largest absolute Gasteiger partial charge is 0.491 e. The molecule has 1 saturated heterocycles. The minimum absolute atomic E-state index is 0.0272. The molecule has 42 heavy (non-hydrogen) atoms. The minimum atomic E-state index is -4.50. The van der Waals surface area contributed by atoms with Gasteiger partial charge >= 0.3 is 12.1 Å². The number of carbonyl (C=O) groups excluding carboxylic acids is 1. The zero-order chi connectivity index (χ0) is 30.5. The molecule has 1 unspecified atom stereocenters. The van der Waals surface area contributed by atoms with Crippen LogP contribution in [0.4, 0.5) is 13.2 Å². The van der Waals surface area contributed by atoms with Gasteiger partial charge in [-0.05, 0) is 56.2 Å². The summed E-state index contributed by atoms with van der Waals surface area (Å²) in [6.45, 7) is 0.737. The van der Waals surface area contributed by atoms with Crippen molar-refractivity contribution in [3.63, 3.8) is 0 Å². The molecule has 0 amide bonds. The summed E-state index contributed by atoms with van der Waals surface area (Å²) in [5.41, 5.74) is 2.67. The van der Waals surface area contributed by atoms with Crippen molar-refractivity contribution < 1.29 is 58.1 Å². The van der Waals surface area contributed by atoms with Crippen molar-refractivity contribution in [2.75, 3.05) is 26.5 Å². The molecule has 1 aromatic rings. The maximum Gasteiger partial charge on any atom is 0.416 e. The molecule has 0 aromatic heterocycles. The van der Waals surface area contributed by atoms with Crippen LogP contribution in [0.25, 0.3) is 5.59 Å². The summed E-state index contributed by atoms with van der Waals surface area (Å²) < 4.78 is 48.8. The predicted octanol–water partition coefficient (Wildman–Crippen LogP) is 2.48. The Morgan fingerprint density at radius 2 is 1.95 bits per heavy atom. The van der Waals surface area contributed by atoms with E-state index in [1.807, 2.05) is 12.2 Å². The van der Waals surface area contributed by atoms with E-state index < -0.39 is 48.7 Å². The van der Waals surface area contributed by atoms with Crippen LogP contribution in [-0.4, -0.2) is 76.3 Å². The van der Waals surface area contributed by atoms with Crippen LogP contribution in [0.15, 0.2) is 48.6 Å². The second-order valence-electron chi connectivity index (χ2n) is 10.3. The Bertz CT molecular complexity index is 1020. The number of benzene rings is 1. The Morgan fingerprint density at radius 3 is 2.69 bits per heavy atom. The number of hydrogen-bond acceptors (Lipinski definition) is 9. The van der Waals surface area contributed by atoms with Crippen LogP contribution in [-0.2, 0) is 20.5 Å². The molecule has 0 radical (unpaired) electrons. The molecular weight excluding hydrogens is 563 g/mol. The minimum Gasteiger partial charge on any atom is -0.491 e. The second-order valence-corrected chi connectivity index (χ2v) is 10.3. The average Bonchev–Trinajstić information content (AvgIpc) is 3.58. The molecular formula is C28H40F3N3O8. The Hall–Kier alpha value is -2.56. The normalized spacial score (nSPS) is 24.9. The molecule has 14 heteroatoms. The molecule has 6 atom stereocenters. The van der Waals surface area contributed by atoms with Gasteiger partial charge in [0, 0.05) is 18.8 Å². The Balaban J connectivity index is 1.33. The smallest absolute Gasteiger partial charge is 0.416 e. The predicted molar refractivity (Wildman–Crippen MR) is 142 cm³/mol. The molecule has 1 heterocycles. The van der Waals surface area contributed by atoms with Crippen molar-refractivity contribution in [2.45, 2.75) is 69.4 Å². The van der Waals surface area contributed by atoms with Crippen LogP contribution >= 0.6 is 0 Å². The van der Waals surface area contributed by atoms with Gasteiger partial charge in [-0.15, -0.1) is 5.01 Å². The number of hydrogen-bond donors (Lipinski definition) is 5. The van der Waals surface area contributed by atoms with Gasteiger partial charge in [0.25, 0.3) is 0 Å². The number of nitrogens with zero attached hydrogens (tertiary/aromatic N) is 2. The quantitative estimate of drug-likeness (QED) is 0.0632. The van der Waals surface area contributed by atoms with E-state index >= 15 is 0 Å². The first-order valence-corrected chi connectivity index (χ1v) is 14.0. The number of carbonyl (C=O) groups is 1. The summed E-state index contributed by atoms with van der Waals surface area (Å²) in [4.78, 5) is 16.6. The van der Waals surface area contributed by atoms with Gasteiger partial charge in [-0.25, -0.2) is 5.21 Å². The van der Waals surface area contributed by atoms with Crippen LogP contribution in [0, 0.1) is 11.8 Å². The van der Waals surface area contributed by atoms with Gasteiger partial charge in [0.1, 0.15) is 18.5 Å². The summed E-state index contributed by atoms with van der Waals surface area (Å²) in [5.74, 6) is -1.23. The summed E-state index contributed by atoms with van der Waals surface area (Å²) in [6, 6.07) is 4.36. The first kappa shape index (κ1) is 33.9. The van der Waals surface area contributed by atoms with Gasteiger partial charge in [-0.2, -0.15) is 18.5 Å². The summed E-state index contributed by atoms with van der Waals surface area (Å²) in [5, 5.41) is 42.2. The lowest BCUT2D eigenvalue weighted by molar-refractivity contribution is -1.16. The molecule has 0 bridgehead atoms. The Labute approximate surface area is 242 Å². The van der Waals surface area contributed by atoms with E-state index in [0.717, 1.165) is 25.0 Å². The van der Waals surface area contributed by atoms with Crippen LogP contribution in [0.3, 0.4) is 0 Å². The van der Waals surface area contributed by atoms with Crippen molar-refractivity contribution >= 4 is 5.97 Å². The number of ether oxygens (including phenoxy) is 2. The van der Waals surface area contributed by atoms with Crippen molar-refractivity contribution in [2.24, 2.45) is 11.8 Å². The fourth-order valence-electron chi connectivity index (χ4n) is 4.92. The summed E-state index contributed by atoms with van der Waals surface area (Å²) in [7, 11) is 0. The van der Waals surface area contributed by atoms with E-state index in [0.29, 0.717) is 32.4 Å². The van der Waals surface area contributed by atoms with Gasteiger partial charge in [-0.1, -0.05) is 30.4 Å². The molecule has 2 aliphatic rings. The van der Waals surface area contributed by atoms with Gasteiger partial charge in [0.05, 0.1) is 30.9 Å². The number of nitrogens with one attached hydrogen (secondary N) is 1. The van der Waals surface area contributed by atoms with Crippen LogP contribution < -0.4 is 10.0 Å². The molecule has 3 rings (SSSR count). The van der Waals surface area contributed by atoms with E-state index in [1.54, 1.807) is 11.1 Å². The summed E-state index contributed by atoms with van der Waals surface area (Å²) in [6.07, 6.45) is 3.40. The standard InChI is InChI=1S/C28H40F3N3O8/c29-28(30,31)20-8-7-9-22(16-20)40-18-21(35)12-13-24-23(25(36)17-26(24)37)10-3-1-2-4-11-27(38)41-19-42-32-34(39)33-14-5-6-15-33/h1,3,7-9,12-13,16,21,23-26,34-37,39H,2,4-6,10-11,14-15,17-19H2/b3-1-,13-12+/t21-,23-,24-,25+,26-/m1/s1. The zero-order valence-corrected chi connectivity index (χ0v) is 23.2. The molecule has 1 aliphatic carbocycles. The van der Waals surface area contributed by atoms with Crippen LogP contribution in [0.2, 0.25) is 0 Å².